The van der Waals surface area contributed by atoms with Crippen molar-refractivity contribution in [1.82, 2.24) is 14.5 Å². The number of aromatic nitrogens is 2. The zero-order valence-corrected chi connectivity index (χ0v) is 24.0. The lowest BCUT2D eigenvalue weighted by atomic mass is 10.0. The molecule has 1 atom stereocenters. The SMILES string of the molecule is COc1cccc(-c2c(C)n(Cc3ccccc3C(F)(F)F)c(=O)n(C[C@H](NCCCC(=O)O)c3ccccc3)c2=O)c1F. The maximum Gasteiger partial charge on any atom is 0.416 e. The van der Waals surface area contributed by atoms with Crippen molar-refractivity contribution in [2.45, 2.75) is 45.1 Å². The molecule has 8 nitrogen and oxygen atoms in total. The zero-order valence-electron chi connectivity index (χ0n) is 24.0. The first-order chi connectivity index (χ1) is 20.9. The summed E-state index contributed by atoms with van der Waals surface area (Å²) < 4.78 is 64.2. The zero-order chi connectivity index (χ0) is 32.0. The van der Waals surface area contributed by atoms with E-state index >= 15 is 4.39 Å². The third-order valence-corrected chi connectivity index (χ3v) is 7.32. The second kappa shape index (κ2) is 13.7. The minimum Gasteiger partial charge on any atom is -0.494 e. The number of carboxylic acid groups (broad SMARTS) is 1. The molecule has 0 fully saturated rings. The van der Waals surface area contributed by atoms with E-state index in [1.54, 1.807) is 30.3 Å². The molecule has 232 valence electrons. The first-order valence-corrected chi connectivity index (χ1v) is 13.8. The number of carboxylic acids is 1. The lowest BCUT2D eigenvalue weighted by Crippen LogP contribution is -2.45. The van der Waals surface area contributed by atoms with Crippen molar-refractivity contribution in [3.63, 3.8) is 0 Å². The normalized spacial score (nSPS) is 12.2. The molecule has 4 rings (SSSR count). The van der Waals surface area contributed by atoms with E-state index in [9.17, 15) is 27.6 Å². The third-order valence-electron chi connectivity index (χ3n) is 7.32. The summed E-state index contributed by atoms with van der Waals surface area (Å²) in [6.07, 6.45) is -4.55. The molecule has 0 amide bonds. The van der Waals surface area contributed by atoms with Gasteiger partial charge in [0.05, 0.1) is 37.4 Å². The van der Waals surface area contributed by atoms with Crippen LogP contribution in [0.4, 0.5) is 17.6 Å². The number of nitrogens with one attached hydrogen (secondary N) is 1. The van der Waals surface area contributed by atoms with Crippen LogP contribution in [0.25, 0.3) is 11.1 Å². The van der Waals surface area contributed by atoms with E-state index in [1.807, 2.05) is 0 Å². The smallest absolute Gasteiger partial charge is 0.416 e. The third kappa shape index (κ3) is 7.08. The van der Waals surface area contributed by atoms with E-state index in [-0.39, 0.29) is 54.1 Å². The van der Waals surface area contributed by atoms with Gasteiger partial charge in [0.25, 0.3) is 5.56 Å². The Labute approximate surface area is 250 Å². The fourth-order valence-electron chi connectivity index (χ4n) is 5.10. The van der Waals surface area contributed by atoms with Gasteiger partial charge in [-0.2, -0.15) is 13.2 Å². The summed E-state index contributed by atoms with van der Waals surface area (Å²) >= 11 is 0. The molecule has 0 radical (unpaired) electrons. The quantitative estimate of drug-likeness (QED) is 0.164. The van der Waals surface area contributed by atoms with Gasteiger partial charge in [0, 0.05) is 17.7 Å². The minimum atomic E-state index is -4.71. The molecule has 4 aromatic rings. The van der Waals surface area contributed by atoms with Gasteiger partial charge in [0.2, 0.25) is 0 Å². The highest BCUT2D eigenvalue weighted by Gasteiger charge is 2.33. The number of nitrogens with zero attached hydrogens (tertiary/aromatic N) is 2. The Bertz CT molecular complexity index is 1750. The number of hydrogen-bond acceptors (Lipinski definition) is 5. The molecule has 44 heavy (non-hydrogen) atoms. The summed E-state index contributed by atoms with van der Waals surface area (Å²) in [7, 11) is 1.25. The number of hydrogen-bond donors (Lipinski definition) is 2. The molecule has 0 aliphatic rings. The maximum atomic E-state index is 15.6. The van der Waals surface area contributed by atoms with Gasteiger partial charge < -0.3 is 15.2 Å². The molecule has 0 aliphatic heterocycles. The average molecular weight is 614 g/mol. The van der Waals surface area contributed by atoms with Gasteiger partial charge in [-0.15, -0.1) is 0 Å². The number of halogens is 4. The summed E-state index contributed by atoms with van der Waals surface area (Å²) in [5.74, 6) is -2.01. The highest BCUT2D eigenvalue weighted by molar-refractivity contribution is 5.68. The van der Waals surface area contributed by atoms with Crippen LogP contribution in [0.15, 0.2) is 82.4 Å². The van der Waals surface area contributed by atoms with Crippen LogP contribution >= 0.6 is 0 Å². The highest BCUT2D eigenvalue weighted by Crippen LogP contribution is 2.33. The van der Waals surface area contributed by atoms with Crippen molar-refractivity contribution in [1.29, 1.82) is 0 Å². The molecule has 3 aromatic carbocycles. The van der Waals surface area contributed by atoms with Crippen molar-refractivity contribution in [3.05, 3.63) is 122 Å². The number of rotatable bonds is 12. The second-order valence-corrected chi connectivity index (χ2v) is 10.1. The molecule has 0 unspecified atom stereocenters. The topological polar surface area (TPSA) is 103 Å². The van der Waals surface area contributed by atoms with Gasteiger partial charge in [-0.3, -0.25) is 18.7 Å². The summed E-state index contributed by atoms with van der Waals surface area (Å²) in [4.78, 5) is 39.0. The Hall–Kier alpha value is -4.71. The summed E-state index contributed by atoms with van der Waals surface area (Å²) in [6, 6.07) is 17.1. The van der Waals surface area contributed by atoms with E-state index in [4.69, 9.17) is 9.84 Å². The van der Waals surface area contributed by atoms with Crippen LogP contribution in [0.3, 0.4) is 0 Å². The number of carbonyl (C=O) groups is 1. The molecule has 2 N–H and O–H groups in total. The lowest BCUT2D eigenvalue weighted by Gasteiger charge is -2.23. The number of aliphatic carboxylic acids is 1. The van der Waals surface area contributed by atoms with Crippen molar-refractivity contribution in [2.24, 2.45) is 0 Å². The fourth-order valence-corrected chi connectivity index (χ4v) is 5.10. The Morgan fingerprint density at radius 2 is 1.66 bits per heavy atom. The first-order valence-electron chi connectivity index (χ1n) is 13.8. The average Bonchev–Trinajstić information content (AvgIpc) is 2.99. The van der Waals surface area contributed by atoms with Crippen molar-refractivity contribution in [2.75, 3.05) is 13.7 Å². The predicted octanol–water partition coefficient (Wildman–Crippen LogP) is 5.40. The molecule has 0 bridgehead atoms. The fraction of sp³-hybridized carbons (Fsp3) is 0.281. The maximum absolute atomic E-state index is 15.6. The Balaban J connectivity index is 1.93. The van der Waals surface area contributed by atoms with Gasteiger partial charge >= 0.3 is 17.8 Å². The second-order valence-electron chi connectivity index (χ2n) is 10.1. The summed E-state index contributed by atoms with van der Waals surface area (Å²) in [6.45, 7) is 0.809. The van der Waals surface area contributed by atoms with Gasteiger partial charge in [0.1, 0.15) is 0 Å². The number of methoxy groups -OCH3 is 1. The van der Waals surface area contributed by atoms with Crippen molar-refractivity contribution >= 4 is 5.97 Å². The van der Waals surface area contributed by atoms with E-state index in [2.05, 4.69) is 5.32 Å². The lowest BCUT2D eigenvalue weighted by molar-refractivity contribution is -0.138. The largest absolute Gasteiger partial charge is 0.494 e. The Kier molecular flexibility index (Phi) is 10.0. The molecule has 1 heterocycles. The van der Waals surface area contributed by atoms with E-state index in [1.165, 1.54) is 50.4 Å². The van der Waals surface area contributed by atoms with Gasteiger partial charge in [-0.25, -0.2) is 9.18 Å². The van der Waals surface area contributed by atoms with Gasteiger partial charge in [0.15, 0.2) is 11.6 Å². The molecule has 0 saturated heterocycles. The molecular weight excluding hydrogens is 582 g/mol. The van der Waals surface area contributed by atoms with E-state index < -0.39 is 47.4 Å². The molecule has 0 saturated carbocycles. The van der Waals surface area contributed by atoms with Crippen LogP contribution < -0.4 is 21.3 Å². The highest BCUT2D eigenvalue weighted by atomic mass is 19.4. The van der Waals surface area contributed by atoms with Crippen LogP contribution in [0.1, 0.15) is 41.3 Å². The molecular formula is C32H31F4N3O5. The van der Waals surface area contributed by atoms with Crippen LogP contribution in [0.5, 0.6) is 5.75 Å². The standard InChI is InChI=1S/C32H31F4N3O5/c1-20-28(23-13-8-15-26(44-2)29(23)33)30(42)39(19-25(21-10-4-3-5-11-21)37-17-9-16-27(40)41)31(43)38(20)18-22-12-6-7-14-24(22)32(34,35)36/h3-8,10-15,25,37H,9,16-19H2,1-2H3,(H,40,41)/t25-/m0/s1. The van der Waals surface area contributed by atoms with Gasteiger partial charge in [-0.05, 0) is 43.1 Å². The van der Waals surface area contributed by atoms with Crippen LogP contribution in [0.2, 0.25) is 0 Å². The summed E-state index contributed by atoms with van der Waals surface area (Å²) in [5.41, 5.74) is -2.60. The Morgan fingerprint density at radius 1 is 0.977 bits per heavy atom. The molecule has 1 aromatic heterocycles. The number of alkyl halides is 3. The minimum absolute atomic E-state index is 0.0222. The van der Waals surface area contributed by atoms with Crippen molar-refractivity contribution < 1.29 is 32.2 Å². The predicted molar refractivity (Wildman–Crippen MR) is 156 cm³/mol. The van der Waals surface area contributed by atoms with E-state index in [0.717, 1.165) is 15.2 Å². The monoisotopic (exact) mass is 613 g/mol. The van der Waals surface area contributed by atoms with E-state index in [0.29, 0.717) is 5.56 Å². The first kappa shape index (κ1) is 32.2. The number of ether oxygens (including phenoxy) is 1. The summed E-state index contributed by atoms with van der Waals surface area (Å²) in [5, 5.41) is 12.2. The molecule has 0 spiro atoms. The van der Waals surface area contributed by atoms with Crippen LogP contribution in [-0.2, 0) is 24.1 Å². The van der Waals surface area contributed by atoms with Gasteiger partial charge in [-0.1, -0.05) is 60.7 Å². The van der Waals surface area contributed by atoms with Crippen molar-refractivity contribution in [3.8, 4) is 16.9 Å². The van der Waals surface area contributed by atoms with Crippen LogP contribution in [-0.4, -0.2) is 33.9 Å². The van der Waals surface area contributed by atoms with Crippen LogP contribution in [0, 0.1) is 12.7 Å². The molecule has 0 aliphatic carbocycles. The molecule has 12 heteroatoms. The number of benzene rings is 3. The Morgan fingerprint density at radius 3 is 2.32 bits per heavy atom.